The molecule has 6 nitrogen and oxygen atoms in total. The maximum absolute atomic E-state index is 12.7. The number of piperidine rings is 1. The summed E-state index contributed by atoms with van der Waals surface area (Å²) in [5.74, 6) is -0.0548. The summed E-state index contributed by atoms with van der Waals surface area (Å²) < 4.78 is 7.54. The Morgan fingerprint density at radius 2 is 2.20 bits per heavy atom. The molecule has 0 aliphatic carbocycles. The monoisotopic (exact) mass is 342 g/mol. The summed E-state index contributed by atoms with van der Waals surface area (Å²) in [5, 5.41) is 8.21. The molecule has 2 heterocycles. The van der Waals surface area contributed by atoms with Crippen LogP contribution >= 0.6 is 0 Å². The SMILES string of the molecule is CCCO[C@H]1CCCN(C(=O)c2cn(Cc3ccccc3C)nn2)C1. The van der Waals surface area contributed by atoms with E-state index in [1.807, 2.05) is 17.0 Å². The summed E-state index contributed by atoms with van der Waals surface area (Å²) in [5.41, 5.74) is 2.79. The lowest BCUT2D eigenvalue weighted by atomic mass is 10.1. The highest BCUT2D eigenvalue weighted by molar-refractivity contribution is 5.92. The predicted octanol–water partition coefficient (Wildman–Crippen LogP) is 2.67. The number of carbonyl (C=O) groups excluding carboxylic acids is 1. The fourth-order valence-electron chi connectivity index (χ4n) is 3.14. The van der Waals surface area contributed by atoms with Crippen LogP contribution in [0.3, 0.4) is 0 Å². The van der Waals surface area contributed by atoms with Crippen LogP contribution in [0.4, 0.5) is 0 Å². The Kier molecular flexibility index (Phi) is 5.81. The third kappa shape index (κ3) is 4.45. The first-order chi connectivity index (χ1) is 12.2. The molecular formula is C19H26N4O2. The lowest BCUT2D eigenvalue weighted by Gasteiger charge is -2.32. The highest BCUT2D eigenvalue weighted by Crippen LogP contribution is 2.16. The summed E-state index contributed by atoms with van der Waals surface area (Å²) in [6, 6.07) is 8.17. The molecule has 1 amide bonds. The minimum atomic E-state index is -0.0548. The summed E-state index contributed by atoms with van der Waals surface area (Å²) in [6.45, 7) is 6.94. The Morgan fingerprint density at radius 3 is 3.00 bits per heavy atom. The van der Waals surface area contributed by atoms with Gasteiger partial charge in [0, 0.05) is 19.7 Å². The number of hydrogen-bond donors (Lipinski definition) is 0. The van der Waals surface area contributed by atoms with E-state index in [9.17, 15) is 4.79 Å². The van der Waals surface area contributed by atoms with E-state index in [1.54, 1.807) is 10.9 Å². The Balaban J connectivity index is 1.63. The van der Waals surface area contributed by atoms with Crippen LogP contribution in [0.1, 0.15) is 47.8 Å². The second-order valence-corrected chi connectivity index (χ2v) is 6.61. The molecule has 0 bridgehead atoms. The molecule has 25 heavy (non-hydrogen) atoms. The van der Waals surface area contributed by atoms with E-state index in [1.165, 1.54) is 11.1 Å². The first kappa shape index (κ1) is 17.6. The van der Waals surface area contributed by atoms with Crippen molar-refractivity contribution in [2.45, 2.75) is 45.8 Å². The van der Waals surface area contributed by atoms with Gasteiger partial charge in [-0.25, -0.2) is 4.68 Å². The number of amides is 1. The van der Waals surface area contributed by atoms with Crippen LogP contribution in [-0.4, -0.2) is 51.6 Å². The first-order valence-electron chi connectivity index (χ1n) is 9.03. The summed E-state index contributed by atoms with van der Waals surface area (Å²) >= 11 is 0. The molecule has 1 fully saturated rings. The van der Waals surface area contributed by atoms with Gasteiger partial charge in [0.05, 0.1) is 18.8 Å². The number of benzene rings is 1. The molecule has 3 rings (SSSR count). The minimum absolute atomic E-state index is 0.0548. The van der Waals surface area contributed by atoms with E-state index >= 15 is 0 Å². The summed E-state index contributed by atoms with van der Waals surface area (Å²) in [6.07, 6.45) is 4.86. The number of hydrogen-bond acceptors (Lipinski definition) is 4. The van der Waals surface area contributed by atoms with Gasteiger partial charge in [-0.2, -0.15) is 0 Å². The number of likely N-dealkylation sites (tertiary alicyclic amines) is 1. The summed E-state index contributed by atoms with van der Waals surface area (Å²) in [4.78, 5) is 14.5. The zero-order valence-corrected chi connectivity index (χ0v) is 15.0. The van der Waals surface area contributed by atoms with Crippen LogP contribution in [-0.2, 0) is 11.3 Å². The number of nitrogens with zero attached hydrogens (tertiary/aromatic N) is 4. The van der Waals surface area contributed by atoms with Gasteiger partial charge in [0.2, 0.25) is 0 Å². The Labute approximate surface area is 148 Å². The normalized spacial score (nSPS) is 17.7. The standard InChI is InChI=1S/C19H26N4O2/c1-3-11-25-17-9-6-10-22(13-17)19(24)18-14-23(21-20-18)12-16-8-5-4-7-15(16)2/h4-5,7-8,14,17H,3,6,9-13H2,1-2H3/t17-/m0/s1. The van der Waals surface area contributed by atoms with Crippen LogP contribution in [0.2, 0.25) is 0 Å². The molecule has 6 heteroatoms. The van der Waals surface area contributed by atoms with Crippen molar-refractivity contribution in [2.75, 3.05) is 19.7 Å². The molecule has 0 saturated carbocycles. The molecule has 2 aromatic rings. The van der Waals surface area contributed by atoms with E-state index in [2.05, 4.69) is 36.3 Å². The van der Waals surface area contributed by atoms with Gasteiger partial charge >= 0.3 is 0 Å². The van der Waals surface area contributed by atoms with Crippen molar-refractivity contribution in [3.63, 3.8) is 0 Å². The highest BCUT2D eigenvalue weighted by Gasteiger charge is 2.26. The predicted molar refractivity (Wildman–Crippen MR) is 95.5 cm³/mol. The molecule has 0 radical (unpaired) electrons. The van der Waals surface area contributed by atoms with Crippen LogP contribution in [0, 0.1) is 6.92 Å². The third-order valence-electron chi connectivity index (χ3n) is 4.57. The van der Waals surface area contributed by atoms with Crippen LogP contribution in [0.15, 0.2) is 30.5 Å². The minimum Gasteiger partial charge on any atom is -0.376 e. The first-order valence-corrected chi connectivity index (χ1v) is 9.03. The van der Waals surface area contributed by atoms with E-state index in [-0.39, 0.29) is 12.0 Å². The van der Waals surface area contributed by atoms with Crippen LogP contribution in [0.5, 0.6) is 0 Å². The highest BCUT2D eigenvalue weighted by atomic mass is 16.5. The van der Waals surface area contributed by atoms with Crippen molar-refractivity contribution >= 4 is 5.91 Å². The molecule has 0 N–H and O–H groups in total. The molecule has 134 valence electrons. The zero-order chi connectivity index (χ0) is 17.6. The van der Waals surface area contributed by atoms with Crippen molar-refractivity contribution in [3.05, 3.63) is 47.3 Å². The number of carbonyl (C=O) groups is 1. The van der Waals surface area contributed by atoms with Gasteiger partial charge in [-0.05, 0) is 37.3 Å². The fourth-order valence-corrected chi connectivity index (χ4v) is 3.14. The van der Waals surface area contributed by atoms with E-state index in [0.29, 0.717) is 18.8 Å². The van der Waals surface area contributed by atoms with Gasteiger partial charge < -0.3 is 9.64 Å². The fraction of sp³-hybridized carbons (Fsp3) is 0.526. The average molecular weight is 342 g/mol. The molecular weight excluding hydrogens is 316 g/mol. The van der Waals surface area contributed by atoms with Crippen molar-refractivity contribution in [1.29, 1.82) is 0 Å². The second-order valence-electron chi connectivity index (χ2n) is 6.61. The van der Waals surface area contributed by atoms with Gasteiger partial charge in [-0.3, -0.25) is 4.79 Å². The molecule has 1 aliphatic heterocycles. The number of aromatic nitrogens is 3. The van der Waals surface area contributed by atoms with Crippen molar-refractivity contribution in [2.24, 2.45) is 0 Å². The lowest BCUT2D eigenvalue weighted by Crippen LogP contribution is -2.43. The lowest BCUT2D eigenvalue weighted by molar-refractivity contribution is 0.00192. The second kappa shape index (κ2) is 8.25. The molecule has 1 atom stereocenters. The zero-order valence-electron chi connectivity index (χ0n) is 15.0. The molecule has 1 aromatic carbocycles. The number of aryl methyl sites for hydroxylation is 1. The molecule has 1 aromatic heterocycles. The van der Waals surface area contributed by atoms with Gasteiger partial charge in [0.15, 0.2) is 5.69 Å². The molecule has 1 saturated heterocycles. The van der Waals surface area contributed by atoms with Gasteiger partial charge in [0.25, 0.3) is 5.91 Å². The Morgan fingerprint density at radius 1 is 1.36 bits per heavy atom. The quantitative estimate of drug-likeness (QED) is 0.810. The maximum Gasteiger partial charge on any atom is 0.276 e. The molecule has 0 spiro atoms. The van der Waals surface area contributed by atoms with Crippen molar-refractivity contribution in [3.8, 4) is 0 Å². The van der Waals surface area contributed by atoms with Crippen molar-refractivity contribution < 1.29 is 9.53 Å². The van der Waals surface area contributed by atoms with Gasteiger partial charge in [-0.15, -0.1) is 5.10 Å². The van der Waals surface area contributed by atoms with Crippen molar-refractivity contribution in [1.82, 2.24) is 19.9 Å². The smallest absolute Gasteiger partial charge is 0.276 e. The van der Waals surface area contributed by atoms with Crippen LogP contribution in [0.25, 0.3) is 0 Å². The number of ether oxygens (including phenoxy) is 1. The Hall–Kier alpha value is -2.21. The van der Waals surface area contributed by atoms with E-state index in [0.717, 1.165) is 32.4 Å². The van der Waals surface area contributed by atoms with Crippen LogP contribution < -0.4 is 0 Å². The molecule has 0 unspecified atom stereocenters. The van der Waals surface area contributed by atoms with E-state index in [4.69, 9.17) is 4.74 Å². The van der Waals surface area contributed by atoms with E-state index < -0.39 is 0 Å². The average Bonchev–Trinajstić information content (AvgIpc) is 3.10. The third-order valence-corrected chi connectivity index (χ3v) is 4.57. The van der Waals surface area contributed by atoms with Gasteiger partial charge in [-0.1, -0.05) is 36.4 Å². The molecule has 1 aliphatic rings. The maximum atomic E-state index is 12.7. The summed E-state index contributed by atoms with van der Waals surface area (Å²) in [7, 11) is 0. The topological polar surface area (TPSA) is 60.2 Å². The number of rotatable bonds is 6. The van der Waals surface area contributed by atoms with Gasteiger partial charge in [0.1, 0.15) is 0 Å². The largest absolute Gasteiger partial charge is 0.376 e. The Bertz CT molecular complexity index is 713.